The van der Waals surface area contributed by atoms with Crippen molar-refractivity contribution in [1.82, 2.24) is 4.57 Å². The molecule has 1 aliphatic rings. The molecule has 0 spiro atoms. The number of fused-ring (bicyclic) bond motifs is 1. The second-order valence-electron chi connectivity index (χ2n) is 8.93. The van der Waals surface area contributed by atoms with Gasteiger partial charge in [-0.3, -0.25) is 4.90 Å². The summed E-state index contributed by atoms with van der Waals surface area (Å²) in [5.41, 5.74) is 7.63. The molecule has 1 amide bonds. The molecule has 1 aromatic heterocycles. The number of methoxy groups -OCH3 is 1. The number of hydrogen-bond acceptors (Lipinski definition) is 6. The summed E-state index contributed by atoms with van der Waals surface area (Å²) >= 11 is 0. The Bertz CT molecular complexity index is 1070. The number of nitriles is 1. The van der Waals surface area contributed by atoms with Gasteiger partial charge >= 0.3 is 12.1 Å². The van der Waals surface area contributed by atoms with Gasteiger partial charge in [0.15, 0.2) is 5.69 Å². The van der Waals surface area contributed by atoms with E-state index in [1.807, 2.05) is 39.0 Å². The lowest BCUT2D eigenvalue weighted by atomic mass is 9.87. The molecule has 1 aromatic carbocycles. The number of carbonyl (C=O) groups excluding carboxylic acids is 2. The number of anilines is 2. The Hall–Kier alpha value is -3.47. The minimum Gasteiger partial charge on any atom is -0.464 e. The maximum Gasteiger partial charge on any atom is 0.414 e. The van der Waals surface area contributed by atoms with Crippen molar-refractivity contribution in [3.05, 3.63) is 41.2 Å². The van der Waals surface area contributed by atoms with Gasteiger partial charge in [0.05, 0.1) is 24.0 Å². The molecule has 2 heterocycles. The first-order valence-corrected chi connectivity index (χ1v) is 9.54. The summed E-state index contributed by atoms with van der Waals surface area (Å²) in [4.78, 5) is 26.7. The lowest BCUT2D eigenvalue weighted by Gasteiger charge is -2.26. The topological polar surface area (TPSA) is 111 Å². The Morgan fingerprint density at radius 1 is 1.27 bits per heavy atom. The van der Waals surface area contributed by atoms with E-state index in [1.54, 1.807) is 11.0 Å². The van der Waals surface area contributed by atoms with E-state index in [0.29, 0.717) is 17.9 Å². The Morgan fingerprint density at radius 3 is 2.50 bits per heavy atom. The van der Waals surface area contributed by atoms with E-state index in [1.165, 1.54) is 17.9 Å². The molecule has 3 rings (SSSR count). The first-order chi connectivity index (χ1) is 13.9. The van der Waals surface area contributed by atoms with Crippen molar-refractivity contribution in [1.29, 1.82) is 5.26 Å². The van der Waals surface area contributed by atoms with Crippen molar-refractivity contribution in [2.24, 2.45) is 0 Å². The smallest absolute Gasteiger partial charge is 0.414 e. The number of amides is 1. The summed E-state index contributed by atoms with van der Waals surface area (Å²) in [7, 11) is 1.25. The molecule has 0 unspecified atom stereocenters. The minimum atomic E-state index is -0.654. The zero-order valence-electron chi connectivity index (χ0n) is 18.1. The van der Waals surface area contributed by atoms with Crippen molar-refractivity contribution in [2.45, 2.75) is 45.6 Å². The minimum absolute atomic E-state index is 0.0502. The van der Waals surface area contributed by atoms with Gasteiger partial charge in [-0.15, -0.1) is 0 Å². The van der Waals surface area contributed by atoms with E-state index < -0.39 is 17.7 Å². The highest BCUT2D eigenvalue weighted by Crippen LogP contribution is 2.42. The van der Waals surface area contributed by atoms with Gasteiger partial charge in [-0.1, -0.05) is 19.9 Å². The fraction of sp³-hybridized carbons (Fsp3) is 0.409. The van der Waals surface area contributed by atoms with Crippen molar-refractivity contribution >= 4 is 23.4 Å². The zero-order valence-corrected chi connectivity index (χ0v) is 18.1. The molecule has 0 aliphatic carbocycles. The molecule has 0 saturated carbocycles. The van der Waals surface area contributed by atoms with Gasteiger partial charge in [-0.2, -0.15) is 5.26 Å². The first kappa shape index (κ1) is 21.2. The molecule has 158 valence electrons. The third-order valence-electron chi connectivity index (χ3n) is 4.99. The van der Waals surface area contributed by atoms with Crippen LogP contribution in [0.3, 0.4) is 0 Å². The molecule has 1 aliphatic heterocycles. The number of hydrogen-bond donors (Lipinski definition) is 1. The summed E-state index contributed by atoms with van der Waals surface area (Å²) in [5, 5.41) is 9.34. The molecule has 8 heteroatoms. The molecular weight excluding hydrogens is 384 g/mol. The van der Waals surface area contributed by atoms with Crippen molar-refractivity contribution in [3.8, 4) is 11.8 Å². The highest BCUT2D eigenvalue weighted by molar-refractivity contribution is 5.96. The number of esters is 1. The predicted octanol–water partition coefficient (Wildman–Crippen LogP) is 3.75. The number of carbonyl (C=O) groups is 2. The van der Waals surface area contributed by atoms with Crippen molar-refractivity contribution in [2.75, 3.05) is 24.3 Å². The monoisotopic (exact) mass is 410 g/mol. The predicted molar refractivity (Wildman–Crippen MR) is 113 cm³/mol. The van der Waals surface area contributed by atoms with Crippen LogP contribution in [0.15, 0.2) is 24.4 Å². The van der Waals surface area contributed by atoms with Gasteiger partial charge in [0.2, 0.25) is 0 Å². The van der Waals surface area contributed by atoms with Crippen LogP contribution in [0, 0.1) is 11.3 Å². The van der Waals surface area contributed by atoms with E-state index in [9.17, 15) is 14.9 Å². The lowest BCUT2D eigenvalue weighted by molar-refractivity contribution is 0.0573. The Labute approximate surface area is 175 Å². The average Bonchev–Trinajstić information content (AvgIpc) is 3.13. The van der Waals surface area contributed by atoms with Crippen LogP contribution in [0.25, 0.3) is 5.69 Å². The van der Waals surface area contributed by atoms with E-state index >= 15 is 0 Å². The molecule has 8 nitrogen and oxygen atoms in total. The lowest BCUT2D eigenvalue weighted by Crippen LogP contribution is -2.38. The third-order valence-corrected chi connectivity index (χ3v) is 4.99. The second kappa shape index (κ2) is 7.10. The van der Waals surface area contributed by atoms with Crippen LogP contribution in [0.2, 0.25) is 0 Å². The van der Waals surface area contributed by atoms with Crippen LogP contribution in [0.4, 0.5) is 16.2 Å². The fourth-order valence-corrected chi connectivity index (χ4v) is 3.63. The summed E-state index contributed by atoms with van der Waals surface area (Å²) in [6.45, 7) is 10.0. The summed E-state index contributed by atoms with van der Waals surface area (Å²) in [6, 6.07) is 7.52. The van der Waals surface area contributed by atoms with Gasteiger partial charge in [-0.25, -0.2) is 9.59 Å². The molecular formula is C22H26N4O4. The standard InChI is InChI=1S/C22H26N4O4/c1-21(2,3)30-20(28)26-12-22(4,5)15-8-7-14(9-16(15)26)25-11-13(10-23)17(24)18(25)19(27)29-6/h7-9,11H,12,24H2,1-6H3. The van der Waals surface area contributed by atoms with E-state index in [2.05, 4.69) is 13.8 Å². The normalized spacial score (nSPS) is 14.8. The SMILES string of the molecule is COC(=O)c1c(N)c(C#N)cn1-c1ccc2c(c1)N(C(=O)OC(C)(C)C)CC2(C)C. The fourth-order valence-electron chi connectivity index (χ4n) is 3.63. The van der Waals surface area contributed by atoms with Crippen LogP contribution >= 0.6 is 0 Å². The van der Waals surface area contributed by atoms with Gasteiger partial charge in [0.25, 0.3) is 0 Å². The van der Waals surface area contributed by atoms with Crippen LogP contribution in [-0.2, 0) is 14.9 Å². The highest BCUT2D eigenvalue weighted by Gasteiger charge is 2.40. The van der Waals surface area contributed by atoms with Gasteiger partial charge in [-0.05, 0) is 38.5 Å². The molecule has 0 radical (unpaired) electrons. The number of ether oxygens (including phenoxy) is 2. The highest BCUT2D eigenvalue weighted by atomic mass is 16.6. The largest absolute Gasteiger partial charge is 0.464 e. The van der Waals surface area contributed by atoms with E-state index in [-0.39, 0.29) is 22.4 Å². The zero-order chi connectivity index (χ0) is 22.4. The van der Waals surface area contributed by atoms with Crippen LogP contribution < -0.4 is 10.6 Å². The van der Waals surface area contributed by atoms with Crippen LogP contribution in [0.5, 0.6) is 0 Å². The van der Waals surface area contributed by atoms with Gasteiger partial charge in [0, 0.05) is 23.8 Å². The summed E-state index contributed by atoms with van der Waals surface area (Å²) in [6.07, 6.45) is 1.05. The summed E-state index contributed by atoms with van der Waals surface area (Å²) in [5.74, 6) is -0.654. The molecule has 2 aromatic rings. The maximum atomic E-state index is 12.8. The van der Waals surface area contributed by atoms with Crippen LogP contribution in [0.1, 0.15) is 56.2 Å². The number of rotatable bonds is 2. The first-order valence-electron chi connectivity index (χ1n) is 9.54. The number of aromatic nitrogens is 1. The second-order valence-corrected chi connectivity index (χ2v) is 8.93. The molecule has 2 N–H and O–H groups in total. The number of nitrogens with zero attached hydrogens (tertiary/aromatic N) is 3. The van der Waals surface area contributed by atoms with Gasteiger partial charge in [0.1, 0.15) is 11.7 Å². The molecule has 0 bridgehead atoms. The molecule has 0 atom stereocenters. The number of nitrogens with two attached hydrogens (primary N) is 1. The number of benzene rings is 1. The molecule has 0 fully saturated rings. The maximum absolute atomic E-state index is 12.8. The molecule has 0 saturated heterocycles. The Kier molecular flexibility index (Phi) is 5.02. The Morgan fingerprint density at radius 2 is 1.93 bits per heavy atom. The van der Waals surface area contributed by atoms with E-state index in [0.717, 1.165) is 5.56 Å². The quantitative estimate of drug-likeness (QED) is 0.755. The third kappa shape index (κ3) is 3.59. The van der Waals surface area contributed by atoms with Crippen molar-refractivity contribution in [3.63, 3.8) is 0 Å². The van der Waals surface area contributed by atoms with Gasteiger partial charge < -0.3 is 19.8 Å². The Balaban J connectivity index is 2.15. The number of nitrogen functional groups attached to an aromatic ring is 1. The van der Waals surface area contributed by atoms with Crippen LogP contribution in [-0.4, -0.2) is 35.9 Å². The average molecular weight is 410 g/mol. The van der Waals surface area contributed by atoms with E-state index in [4.69, 9.17) is 15.2 Å². The molecule has 30 heavy (non-hydrogen) atoms. The summed E-state index contributed by atoms with van der Waals surface area (Å²) < 4.78 is 11.9. The van der Waals surface area contributed by atoms with Crippen molar-refractivity contribution < 1.29 is 19.1 Å².